The number of hydrogen-bond acceptors (Lipinski definition) is 3. The van der Waals surface area contributed by atoms with E-state index in [1.807, 2.05) is 0 Å². The fourth-order valence-electron chi connectivity index (χ4n) is 2.91. The van der Waals surface area contributed by atoms with Crippen LogP contribution in [0, 0.1) is 0 Å². The molecule has 0 atom stereocenters. The van der Waals surface area contributed by atoms with E-state index in [2.05, 4.69) is 5.32 Å². The molecule has 1 aromatic carbocycles. The molecule has 1 amide bonds. The lowest BCUT2D eigenvalue weighted by atomic mass is 9.86. The van der Waals surface area contributed by atoms with Crippen LogP contribution >= 0.6 is 11.6 Å². The van der Waals surface area contributed by atoms with Crippen LogP contribution in [0.15, 0.2) is 18.2 Å². The second kappa shape index (κ2) is 4.14. The Labute approximate surface area is 110 Å². The number of nitrogens with one attached hydrogen (secondary N) is 1. The van der Waals surface area contributed by atoms with Gasteiger partial charge in [0.05, 0.1) is 11.3 Å². The first-order valence-electron chi connectivity index (χ1n) is 6.24. The predicted octanol–water partition coefficient (Wildman–Crippen LogP) is 2.94. The Morgan fingerprint density at radius 1 is 1.28 bits per heavy atom. The molecular weight excluding hydrogens is 252 g/mol. The van der Waals surface area contributed by atoms with Crippen molar-refractivity contribution in [3.8, 4) is 0 Å². The molecule has 0 saturated heterocycles. The van der Waals surface area contributed by atoms with Crippen LogP contribution in [-0.2, 0) is 0 Å². The van der Waals surface area contributed by atoms with Gasteiger partial charge in [-0.15, -0.1) is 0 Å². The average Bonchev–Trinajstić information content (AvgIpc) is 2.37. The van der Waals surface area contributed by atoms with E-state index in [0.29, 0.717) is 16.3 Å². The van der Waals surface area contributed by atoms with Crippen molar-refractivity contribution in [3.63, 3.8) is 0 Å². The summed E-state index contributed by atoms with van der Waals surface area (Å²) in [4.78, 5) is 12.1. The van der Waals surface area contributed by atoms with Gasteiger partial charge in [-0.3, -0.25) is 10.0 Å². The van der Waals surface area contributed by atoms with Crippen LogP contribution in [-0.4, -0.2) is 16.8 Å². The molecule has 1 heterocycles. The molecule has 2 aliphatic rings. The first-order valence-corrected chi connectivity index (χ1v) is 6.61. The standard InChI is InChI=1S/C13H15ClN2O2/c14-9-4-5-10-11(8-9)16(18)13(15-12(10)17)6-2-1-3-7-13/h4-5,8,18H,1-3,6-7H2,(H,15,17). The normalized spacial score (nSPS) is 21.7. The summed E-state index contributed by atoms with van der Waals surface area (Å²) in [5.74, 6) is -0.131. The van der Waals surface area contributed by atoms with Crippen molar-refractivity contribution in [3.05, 3.63) is 28.8 Å². The molecule has 2 N–H and O–H groups in total. The molecule has 0 aromatic heterocycles. The van der Waals surface area contributed by atoms with Gasteiger partial charge in [0.1, 0.15) is 5.66 Å². The second-order valence-corrected chi connectivity index (χ2v) is 5.46. The van der Waals surface area contributed by atoms with Crippen molar-refractivity contribution >= 4 is 23.2 Å². The number of carbonyl (C=O) groups excluding carboxylic acids is 1. The Bertz CT molecular complexity index is 498. The molecule has 0 radical (unpaired) electrons. The summed E-state index contributed by atoms with van der Waals surface area (Å²) in [6.45, 7) is 0. The van der Waals surface area contributed by atoms with E-state index in [0.717, 1.165) is 32.1 Å². The first-order chi connectivity index (χ1) is 8.62. The molecule has 18 heavy (non-hydrogen) atoms. The molecule has 1 aliphatic heterocycles. The SMILES string of the molecule is O=C1NC2(CCCCC2)N(O)c2cc(Cl)ccc21. The van der Waals surface area contributed by atoms with E-state index in [9.17, 15) is 10.0 Å². The largest absolute Gasteiger partial charge is 0.327 e. The van der Waals surface area contributed by atoms with Gasteiger partial charge in [0.2, 0.25) is 0 Å². The van der Waals surface area contributed by atoms with Gasteiger partial charge >= 0.3 is 0 Å². The maximum Gasteiger partial charge on any atom is 0.255 e. The number of nitrogens with zero attached hydrogens (tertiary/aromatic N) is 1. The molecule has 5 heteroatoms. The van der Waals surface area contributed by atoms with Crippen LogP contribution < -0.4 is 10.4 Å². The number of anilines is 1. The third-order valence-electron chi connectivity index (χ3n) is 3.86. The van der Waals surface area contributed by atoms with Gasteiger partial charge in [-0.2, -0.15) is 0 Å². The maximum atomic E-state index is 12.1. The van der Waals surface area contributed by atoms with E-state index in [4.69, 9.17) is 11.6 Å². The first kappa shape index (κ1) is 11.8. The van der Waals surface area contributed by atoms with Gasteiger partial charge in [0, 0.05) is 5.02 Å². The van der Waals surface area contributed by atoms with Crippen LogP contribution in [0.1, 0.15) is 42.5 Å². The van der Waals surface area contributed by atoms with Crippen molar-refractivity contribution in [2.45, 2.75) is 37.8 Å². The van der Waals surface area contributed by atoms with Gasteiger partial charge in [0.15, 0.2) is 0 Å². The van der Waals surface area contributed by atoms with Crippen LogP contribution in [0.3, 0.4) is 0 Å². The third kappa shape index (κ3) is 1.68. The van der Waals surface area contributed by atoms with Crippen LogP contribution in [0.5, 0.6) is 0 Å². The number of fused-ring (bicyclic) bond motifs is 1. The lowest BCUT2D eigenvalue weighted by Gasteiger charge is -2.47. The highest BCUT2D eigenvalue weighted by Gasteiger charge is 2.44. The van der Waals surface area contributed by atoms with E-state index in [-0.39, 0.29) is 5.91 Å². The molecule has 1 saturated carbocycles. The summed E-state index contributed by atoms with van der Waals surface area (Å²) in [7, 11) is 0. The lowest BCUT2D eigenvalue weighted by Crippen LogP contribution is -2.63. The molecule has 0 bridgehead atoms. The van der Waals surface area contributed by atoms with E-state index >= 15 is 0 Å². The number of rotatable bonds is 0. The van der Waals surface area contributed by atoms with Crippen LogP contribution in [0.4, 0.5) is 5.69 Å². The van der Waals surface area contributed by atoms with Crippen LogP contribution in [0.25, 0.3) is 0 Å². The fourth-order valence-corrected chi connectivity index (χ4v) is 3.07. The summed E-state index contributed by atoms with van der Waals surface area (Å²) < 4.78 is 0. The highest BCUT2D eigenvalue weighted by molar-refractivity contribution is 6.31. The fraction of sp³-hybridized carbons (Fsp3) is 0.462. The Hall–Kier alpha value is -1.26. The number of amides is 1. The summed E-state index contributed by atoms with van der Waals surface area (Å²) in [5, 5.41) is 15.1. The van der Waals surface area contributed by atoms with E-state index < -0.39 is 5.66 Å². The number of benzene rings is 1. The highest BCUT2D eigenvalue weighted by atomic mass is 35.5. The molecule has 3 rings (SSSR count). The minimum absolute atomic E-state index is 0.131. The van der Waals surface area contributed by atoms with Crippen molar-refractivity contribution in [1.82, 2.24) is 5.32 Å². The van der Waals surface area contributed by atoms with Gasteiger partial charge in [-0.1, -0.05) is 18.0 Å². The van der Waals surface area contributed by atoms with Gasteiger partial charge < -0.3 is 5.32 Å². The molecule has 1 fully saturated rings. The quantitative estimate of drug-likeness (QED) is 0.759. The Morgan fingerprint density at radius 3 is 2.72 bits per heavy atom. The van der Waals surface area contributed by atoms with Crippen molar-refractivity contribution in [1.29, 1.82) is 0 Å². The molecule has 4 nitrogen and oxygen atoms in total. The van der Waals surface area contributed by atoms with Crippen LogP contribution in [0.2, 0.25) is 5.02 Å². The molecule has 1 aromatic rings. The molecule has 1 aliphatic carbocycles. The lowest BCUT2D eigenvalue weighted by molar-refractivity contribution is 0.0582. The predicted molar refractivity (Wildman–Crippen MR) is 69.0 cm³/mol. The molecule has 1 spiro atoms. The van der Waals surface area contributed by atoms with Gasteiger partial charge in [-0.05, 0) is 43.9 Å². The van der Waals surface area contributed by atoms with Gasteiger partial charge in [-0.25, -0.2) is 5.06 Å². The molecule has 0 unspecified atom stereocenters. The second-order valence-electron chi connectivity index (χ2n) is 5.02. The number of carbonyl (C=O) groups is 1. The van der Waals surface area contributed by atoms with Crippen molar-refractivity contribution < 1.29 is 10.0 Å². The Kier molecular flexibility index (Phi) is 2.72. The van der Waals surface area contributed by atoms with Gasteiger partial charge in [0.25, 0.3) is 5.91 Å². The topological polar surface area (TPSA) is 52.6 Å². The third-order valence-corrected chi connectivity index (χ3v) is 4.10. The monoisotopic (exact) mass is 266 g/mol. The van der Waals surface area contributed by atoms with E-state index in [1.165, 1.54) is 5.06 Å². The van der Waals surface area contributed by atoms with Crippen molar-refractivity contribution in [2.24, 2.45) is 0 Å². The average molecular weight is 267 g/mol. The summed E-state index contributed by atoms with van der Waals surface area (Å²) in [5.41, 5.74) is 0.332. The summed E-state index contributed by atoms with van der Waals surface area (Å²) >= 11 is 5.95. The summed E-state index contributed by atoms with van der Waals surface area (Å²) in [6.07, 6.45) is 4.69. The highest BCUT2D eigenvalue weighted by Crippen LogP contribution is 2.39. The number of hydroxylamine groups is 1. The molecule has 96 valence electrons. The number of halogens is 1. The molecular formula is C13H15ClN2O2. The van der Waals surface area contributed by atoms with E-state index in [1.54, 1.807) is 18.2 Å². The zero-order chi connectivity index (χ0) is 12.8. The zero-order valence-electron chi connectivity index (χ0n) is 9.95. The minimum Gasteiger partial charge on any atom is -0.327 e. The minimum atomic E-state index is -0.646. The number of hydrogen-bond donors (Lipinski definition) is 2. The zero-order valence-corrected chi connectivity index (χ0v) is 10.7. The maximum absolute atomic E-state index is 12.1. The Morgan fingerprint density at radius 2 is 2.00 bits per heavy atom. The van der Waals surface area contributed by atoms with Crippen molar-refractivity contribution in [2.75, 3.05) is 5.06 Å². The Balaban J connectivity index is 2.07. The smallest absolute Gasteiger partial charge is 0.255 e. The summed E-state index contributed by atoms with van der Waals surface area (Å²) in [6, 6.07) is 4.95.